The average molecular weight is 437 g/mol. The quantitative estimate of drug-likeness (QED) is 0.164. The largest absolute Gasteiger partial charge is 0.273 e. The van der Waals surface area contributed by atoms with E-state index in [2.05, 4.69) is 33.4 Å². The van der Waals surface area contributed by atoms with E-state index in [1.165, 1.54) is 70.6 Å². The minimum Gasteiger partial charge on any atom is -0.273 e. The number of amides is 1. The fourth-order valence-electron chi connectivity index (χ4n) is 3.12. The van der Waals surface area contributed by atoms with Crippen LogP contribution >= 0.6 is 15.9 Å². The first-order chi connectivity index (χ1) is 13.2. The minimum atomic E-state index is 0.00400. The zero-order chi connectivity index (χ0) is 19.6. The fourth-order valence-corrected chi connectivity index (χ4v) is 3.54. The molecule has 0 fully saturated rings. The number of benzene rings is 1. The van der Waals surface area contributed by atoms with Gasteiger partial charge in [0.2, 0.25) is 5.91 Å². The zero-order valence-electron chi connectivity index (χ0n) is 17.0. The van der Waals surface area contributed by atoms with Crippen LogP contribution in [0.2, 0.25) is 0 Å². The number of rotatable bonds is 16. The van der Waals surface area contributed by atoms with Gasteiger partial charge in [-0.05, 0) is 24.1 Å². The number of halogens is 1. The molecule has 3 nitrogen and oxygen atoms in total. The molecule has 0 aliphatic carbocycles. The Labute approximate surface area is 174 Å². The first-order valence-corrected chi connectivity index (χ1v) is 11.6. The molecule has 152 valence electrons. The van der Waals surface area contributed by atoms with Crippen LogP contribution in [0.1, 0.15) is 102 Å². The second kappa shape index (κ2) is 17.0. The van der Waals surface area contributed by atoms with Gasteiger partial charge >= 0.3 is 0 Å². The van der Waals surface area contributed by atoms with Crippen molar-refractivity contribution in [3.05, 3.63) is 34.3 Å². The number of carbonyl (C=O) groups excluding carboxylic acids is 1. The van der Waals surface area contributed by atoms with Crippen LogP contribution in [0.3, 0.4) is 0 Å². The van der Waals surface area contributed by atoms with Crippen molar-refractivity contribution < 1.29 is 4.79 Å². The predicted octanol–water partition coefficient (Wildman–Crippen LogP) is 7.38. The minimum absolute atomic E-state index is 0.00400. The number of unbranched alkanes of at least 4 members (excludes halogenated alkanes) is 12. The Bertz CT molecular complexity index is 531. The van der Waals surface area contributed by atoms with Gasteiger partial charge in [0, 0.05) is 10.9 Å². The summed E-state index contributed by atoms with van der Waals surface area (Å²) in [5.41, 5.74) is 3.57. The van der Waals surface area contributed by atoms with Crippen molar-refractivity contribution in [1.29, 1.82) is 0 Å². The monoisotopic (exact) mass is 436 g/mol. The van der Waals surface area contributed by atoms with Crippen LogP contribution in [-0.2, 0) is 4.79 Å². The summed E-state index contributed by atoms with van der Waals surface area (Å²) in [6, 6.07) is 7.82. The molecule has 1 aromatic carbocycles. The summed E-state index contributed by atoms with van der Waals surface area (Å²) in [6.45, 7) is 2.27. The summed E-state index contributed by atoms with van der Waals surface area (Å²) in [7, 11) is 0. The van der Waals surface area contributed by atoms with Crippen molar-refractivity contribution in [2.45, 2.75) is 96.8 Å². The lowest BCUT2D eigenvalue weighted by molar-refractivity contribution is -0.121. The van der Waals surface area contributed by atoms with Gasteiger partial charge in [-0.3, -0.25) is 4.79 Å². The maximum Gasteiger partial charge on any atom is 0.240 e. The molecule has 4 heteroatoms. The summed E-state index contributed by atoms with van der Waals surface area (Å²) >= 11 is 3.42. The van der Waals surface area contributed by atoms with Crippen molar-refractivity contribution in [2.75, 3.05) is 0 Å². The van der Waals surface area contributed by atoms with E-state index < -0.39 is 0 Å². The molecule has 0 saturated heterocycles. The molecule has 27 heavy (non-hydrogen) atoms. The molecule has 1 rings (SSSR count). The Morgan fingerprint density at radius 3 is 2.04 bits per heavy atom. The van der Waals surface area contributed by atoms with Gasteiger partial charge in [0.05, 0.1) is 6.21 Å². The SMILES string of the molecule is CCCCCCCCCCCCCCCC(=O)N/N=C\c1cccc(Br)c1. The Morgan fingerprint density at radius 1 is 0.926 bits per heavy atom. The zero-order valence-corrected chi connectivity index (χ0v) is 18.6. The van der Waals surface area contributed by atoms with E-state index in [1.807, 2.05) is 24.3 Å². The molecule has 0 atom stereocenters. The van der Waals surface area contributed by atoms with Gasteiger partial charge in [-0.25, -0.2) is 5.43 Å². The van der Waals surface area contributed by atoms with E-state index in [1.54, 1.807) is 6.21 Å². The highest BCUT2D eigenvalue weighted by molar-refractivity contribution is 9.10. The first-order valence-electron chi connectivity index (χ1n) is 10.8. The summed E-state index contributed by atoms with van der Waals surface area (Å²) in [6.07, 6.45) is 19.4. The normalized spacial score (nSPS) is 11.2. The Hall–Kier alpha value is -1.16. The molecule has 0 unspecified atom stereocenters. The van der Waals surface area contributed by atoms with Crippen LogP contribution < -0.4 is 5.43 Å². The van der Waals surface area contributed by atoms with Gasteiger partial charge in [-0.15, -0.1) is 0 Å². The van der Waals surface area contributed by atoms with E-state index in [0.717, 1.165) is 22.9 Å². The van der Waals surface area contributed by atoms with Gasteiger partial charge < -0.3 is 0 Å². The fraction of sp³-hybridized carbons (Fsp3) is 0.652. The van der Waals surface area contributed by atoms with Crippen LogP contribution in [0.15, 0.2) is 33.8 Å². The van der Waals surface area contributed by atoms with Crippen LogP contribution in [0, 0.1) is 0 Å². The molecule has 0 bridgehead atoms. The lowest BCUT2D eigenvalue weighted by atomic mass is 10.0. The number of nitrogens with one attached hydrogen (secondary N) is 1. The smallest absolute Gasteiger partial charge is 0.240 e. The summed E-state index contributed by atoms with van der Waals surface area (Å²) in [5.74, 6) is 0.00400. The van der Waals surface area contributed by atoms with Crippen molar-refractivity contribution in [3.8, 4) is 0 Å². The van der Waals surface area contributed by atoms with Gasteiger partial charge in [-0.1, -0.05) is 112 Å². The molecule has 1 aromatic rings. The lowest BCUT2D eigenvalue weighted by Crippen LogP contribution is -2.16. The third-order valence-corrected chi connectivity index (χ3v) is 5.25. The number of carbonyl (C=O) groups is 1. The highest BCUT2D eigenvalue weighted by Gasteiger charge is 1.99. The summed E-state index contributed by atoms with van der Waals surface area (Å²) in [5, 5.41) is 4.02. The number of hydrazone groups is 1. The Balaban J connectivity index is 1.88. The molecule has 0 spiro atoms. The highest BCUT2D eigenvalue weighted by Crippen LogP contribution is 2.13. The Morgan fingerprint density at radius 2 is 1.48 bits per heavy atom. The van der Waals surface area contributed by atoms with E-state index in [4.69, 9.17) is 0 Å². The Kier molecular flexibility index (Phi) is 15.0. The molecule has 0 aliphatic heterocycles. The van der Waals surface area contributed by atoms with E-state index in [0.29, 0.717) is 6.42 Å². The number of hydrogen-bond donors (Lipinski definition) is 1. The van der Waals surface area contributed by atoms with Crippen LogP contribution in [0.5, 0.6) is 0 Å². The van der Waals surface area contributed by atoms with E-state index in [-0.39, 0.29) is 5.91 Å². The standard InChI is InChI=1S/C23H37BrN2O/c1-2-3-4-5-6-7-8-9-10-11-12-13-14-18-23(27)26-25-20-21-16-15-17-22(24)19-21/h15-17,19-20H,2-14,18H2,1H3,(H,26,27)/b25-20-. The van der Waals surface area contributed by atoms with Crippen molar-refractivity contribution >= 4 is 28.1 Å². The van der Waals surface area contributed by atoms with Crippen LogP contribution in [0.4, 0.5) is 0 Å². The average Bonchev–Trinajstić information content (AvgIpc) is 2.65. The maximum absolute atomic E-state index is 11.8. The summed E-state index contributed by atoms with van der Waals surface area (Å²) < 4.78 is 1.00. The molecule has 0 aromatic heterocycles. The van der Waals surface area contributed by atoms with Gasteiger partial charge in [0.1, 0.15) is 0 Å². The second-order valence-corrected chi connectivity index (χ2v) is 8.26. The molecule has 0 aliphatic rings. The topological polar surface area (TPSA) is 41.5 Å². The van der Waals surface area contributed by atoms with Crippen molar-refractivity contribution in [3.63, 3.8) is 0 Å². The van der Waals surface area contributed by atoms with Gasteiger partial charge in [-0.2, -0.15) is 5.10 Å². The van der Waals surface area contributed by atoms with Gasteiger partial charge in [0.25, 0.3) is 0 Å². The van der Waals surface area contributed by atoms with E-state index >= 15 is 0 Å². The third-order valence-electron chi connectivity index (χ3n) is 4.76. The van der Waals surface area contributed by atoms with Gasteiger partial charge in [0.15, 0.2) is 0 Å². The molecule has 1 N–H and O–H groups in total. The molecule has 1 amide bonds. The molecular formula is C23H37BrN2O. The first kappa shape index (κ1) is 23.9. The third kappa shape index (κ3) is 14.6. The van der Waals surface area contributed by atoms with E-state index in [9.17, 15) is 4.79 Å². The molecule has 0 heterocycles. The van der Waals surface area contributed by atoms with Crippen LogP contribution in [0.25, 0.3) is 0 Å². The molecule has 0 saturated carbocycles. The second-order valence-electron chi connectivity index (χ2n) is 7.34. The molecule has 0 radical (unpaired) electrons. The van der Waals surface area contributed by atoms with Crippen LogP contribution in [-0.4, -0.2) is 12.1 Å². The van der Waals surface area contributed by atoms with Crippen molar-refractivity contribution in [2.24, 2.45) is 5.10 Å². The number of hydrogen-bond acceptors (Lipinski definition) is 2. The highest BCUT2D eigenvalue weighted by atomic mass is 79.9. The maximum atomic E-state index is 11.8. The molecular weight excluding hydrogens is 400 g/mol. The number of nitrogens with zero attached hydrogens (tertiary/aromatic N) is 1. The summed E-state index contributed by atoms with van der Waals surface area (Å²) in [4.78, 5) is 11.8. The lowest BCUT2D eigenvalue weighted by Gasteiger charge is -2.03. The van der Waals surface area contributed by atoms with Crippen molar-refractivity contribution in [1.82, 2.24) is 5.43 Å². The predicted molar refractivity (Wildman–Crippen MR) is 120 cm³/mol.